The van der Waals surface area contributed by atoms with E-state index in [-0.39, 0.29) is 22.9 Å². The normalized spacial score (nSPS) is 11.3. The zero-order valence-corrected chi connectivity index (χ0v) is 14.4. The molecular weight excluding hydrogens is 336 g/mol. The van der Waals surface area contributed by atoms with Gasteiger partial charge in [0.15, 0.2) is 11.2 Å². The van der Waals surface area contributed by atoms with Crippen molar-refractivity contribution in [1.82, 2.24) is 18.7 Å². The lowest BCUT2D eigenvalue weighted by Crippen LogP contribution is -2.37. The molecule has 9 heteroatoms. The molecule has 1 aromatic carbocycles. The number of nitrogens with zero attached hydrogens (tertiary/aromatic N) is 5. The third-order valence-electron chi connectivity index (χ3n) is 3.96. The number of imidazole rings is 1. The molecule has 3 rings (SSSR count). The number of rotatable bonds is 5. The van der Waals surface area contributed by atoms with Gasteiger partial charge in [-0.2, -0.15) is 10.1 Å². The topological polar surface area (TPSA) is 106 Å². The molecule has 0 atom stereocenters. The van der Waals surface area contributed by atoms with E-state index in [9.17, 15) is 14.7 Å². The molecule has 0 aliphatic carbocycles. The van der Waals surface area contributed by atoms with Crippen LogP contribution in [0.1, 0.15) is 5.56 Å². The van der Waals surface area contributed by atoms with Gasteiger partial charge in [-0.15, -0.1) is 6.58 Å². The number of anilines is 1. The number of hydrazone groups is 1. The molecule has 0 radical (unpaired) electrons. The van der Waals surface area contributed by atoms with Gasteiger partial charge in [0.25, 0.3) is 5.56 Å². The first-order valence-corrected chi connectivity index (χ1v) is 7.80. The summed E-state index contributed by atoms with van der Waals surface area (Å²) >= 11 is 0. The lowest BCUT2D eigenvalue weighted by molar-refractivity contribution is 0.474. The molecule has 9 nitrogen and oxygen atoms in total. The summed E-state index contributed by atoms with van der Waals surface area (Å²) in [5.41, 5.74) is 2.89. The molecule has 134 valence electrons. The molecule has 2 N–H and O–H groups in total. The Morgan fingerprint density at radius 1 is 1.27 bits per heavy atom. The summed E-state index contributed by atoms with van der Waals surface area (Å²) in [4.78, 5) is 28.9. The quantitative estimate of drug-likeness (QED) is 0.400. The van der Waals surface area contributed by atoms with Crippen LogP contribution in [0.2, 0.25) is 0 Å². The van der Waals surface area contributed by atoms with Gasteiger partial charge in [-0.05, 0) is 12.1 Å². The Bertz CT molecular complexity index is 1140. The standard InChI is InChI=1S/C17H18N6O3/c1-4-9-23-13-14(21(2)17(26)22(3)15(13)25)19-16(23)20-18-10-11-7-5-6-8-12(11)24/h4-8,10,24H,1,9H2,2-3H3,(H,19,20). The first-order chi connectivity index (χ1) is 12.5. The van der Waals surface area contributed by atoms with E-state index in [2.05, 4.69) is 22.1 Å². The Morgan fingerprint density at radius 2 is 2.00 bits per heavy atom. The molecule has 26 heavy (non-hydrogen) atoms. The second-order valence-electron chi connectivity index (χ2n) is 5.64. The largest absolute Gasteiger partial charge is 0.507 e. The van der Waals surface area contributed by atoms with Crippen LogP contribution in [0, 0.1) is 0 Å². The number of fused-ring (bicyclic) bond motifs is 1. The van der Waals surface area contributed by atoms with E-state index in [0.717, 1.165) is 4.57 Å². The highest BCUT2D eigenvalue weighted by Gasteiger charge is 2.18. The fourth-order valence-corrected chi connectivity index (χ4v) is 2.59. The van der Waals surface area contributed by atoms with Crippen molar-refractivity contribution in [2.24, 2.45) is 19.2 Å². The second kappa shape index (κ2) is 6.71. The fraction of sp³-hybridized carbons (Fsp3) is 0.176. The molecule has 0 aliphatic heterocycles. The number of nitrogens with one attached hydrogen (secondary N) is 1. The molecule has 2 aromatic heterocycles. The number of aromatic nitrogens is 4. The zero-order chi connectivity index (χ0) is 18.8. The van der Waals surface area contributed by atoms with Crippen molar-refractivity contribution < 1.29 is 5.11 Å². The summed E-state index contributed by atoms with van der Waals surface area (Å²) in [6.45, 7) is 3.99. The number of phenols is 1. The Balaban J connectivity index is 2.10. The van der Waals surface area contributed by atoms with Crippen LogP contribution in [0.3, 0.4) is 0 Å². The molecule has 0 unspecified atom stereocenters. The van der Waals surface area contributed by atoms with Gasteiger partial charge in [0.2, 0.25) is 5.95 Å². The van der Waals surface area contributed by atoms with Crippen molar-refractivity contribution in [2.75, 3.05) is 5.43 Å². The average Bonchev–Trinajstić information content (AvgIpc) is 2.99. The van der Waals surface area contributed by atoms with Gasteiger partial charge in [0, 0.05) is 26.2 Å². The van der Waals surface area contributed by atoms with E-state index in [1.165, 1.54) is 17.8 Å². The van der Waals surface area contributed by atoms with Crippen LogP contribution >= 0.6 is 0 Å². The maximum atomic E-state index is 12.5. The van der Waals surface area contributed by atoms with E-state index in [1.54, 1.807) is 42.0 Å². The molecule has 0 amide bonds. The van der Waals surface area contributed by atoms with Crippen LogP contribution in [0.25, 0.3) is 11.2 Å². The van der Waals surface area contributed by atoms with Crippen molar-refractivity contribution in [1.29, 1.82) is 0 Å². The summed E-state index contributed by atoms with van der Waals surface area (Å²) in [6, 6.07) is 6.73. The Labute approximate surface area is 148 Å². The summed E-state index contributed by atoms with van der Waals surface area (Å²) in [5.74, 6) is 0.374. The van der Waals surface area contributed by atoms with E-state index < -0.39 is 11.2 Å². The highest BCUT2D eigenvalue weighted by atomic mass is 16.3. The molecule has 3 aromatic rings. The van der Waals surface area contributed by atoms with Crippen molar-refractivity contribution in [3.8, 4) is 5.75 Å². The summed E-state index contributed by atoms with van der Waals surface area (Å²) in [7, 11) is 2.96. The van der Waals surface area contributed by atoms with E-state index in [1.807, 2.05) is 0 Å². The first-order valence-electron chi connectivity index (χ1n) is 7.80. The van der Waals surface area contributed by atoms with E-state index in [0.29, 0.717) is 12.1 Å². The number of para-hydroxylation sites is 1. The van der Waals surface area contributed by atoms with Crippen LogP contribution in [-0.2, 0) is 20.6 Å². The molecule has 0 aliphatic rings. The monoisotopic (exact) mass is 354 g/mol. The molecule has 0 spiro atoms. The van der Waals surface area contributed by atoms with Gasteiger partial charge >= 0.3 is 5.69 Å². The molecule has 0 fully saturated rings. The molecule has 0 saturated carbocycles. The number of hydrogen-bond acceptors (Lipinski definition) is 6. The molecule has 0 bridgehead atoms. The maximum Gasteiger partial charge on any atom is 0.332 e. The SMILES string of the molecule is C=CCn1c(NN=Cc2ccccc2O)nc2c1c(=O)n(C)c(=O)n2C. The molecular formula is C17H18N6O3. The van der Waals surface area contributed by atoms with Gasteiger partial charge in [0.1, 0.15) is 5.75 Å². The molecule has 2 heterocycles. The third-order valence-corrected chi connectivity index (χ3v) is 3.96. The van der Waals surface area contributed by atoms with Gasteiger partial charge in [-0.25, -0.2) is 10.2 Å². The van der Waals surface area contributed by atoms with Crippen molar-refractivity contribution in [3.05, 3.63) is 63.3 Å². The third kappa shape index (κ3) is 2.79. The minimum Gasteiger partial charge on any atom is -0.507 e. The number of hydrogen-bond donors (Lipinski definition) is 2. The van der Waals surface area contributed by atoms with Gasteiger partial charge in [0.05, 0.1) is 6.21 Å². The lowest BCUT2D eigenvalue weighted by Gasteiger charge is -2.06. The van der Waals surface area contributed by atoms with Crippen LogP contribution in [0.15, 0.2) is 51.6 Å². The minimum absolute atomic E-state index is 0.0916. The lowest BCUT2D eigenvalue weighted by atomic mass is 10.2. The van der Waals surface area contributed by atoms with E-state index >= 15 is 0 Å². The Kier molecular flexibility index (Phi) is 4.44. The number of benzene rings is 1. The smallest absolute Gasteiger partial charge is 0.332 e. The summed E-state index contributed by atoms with van der Waals surface area (Å²) in [6.07, 6.45) is 3.05. The van der Waals surface area contributed by atoms with Gasteiger partial charge < -0.3 is 5.11 Å². The van der Waals surface area contributed by atoms with Crippen LogP contribution in [-0.4, -0.2) is 30.0 Å². The van der Waals surface area contributed by atoms with Gasteiger partial charge in [-0.1, -0.05) is 18.2 Å². The maximum absolute atomic E-state index is 12.5. The fourth-order valence-electron chi connectivity index (χ4n) is 2.59. The molecule has 0 saturated heterocycles. The van der Waals surface area contributed by atoms with Crippen molar-refractivity contribution in [2.45, 2.75) is 6.54 Å². The van der Waals surface area contributed by atoms with E-state index in [4.69, 9.17) is 0 Å². The summed E-state index contributed by atoms with van der Waals surface area (Å²) < 4.78 is 3.92. The average molecular weight is 354 g/mol. The van der Waals surface area contributed by atoms with Crippen molar-refractivity contribution >= 4 is 23.3 Å². The summed E-state index contributed by atoms with van der Waals surface area (Å²) in [5, 5.41) is 13.8. The highest BCUT2D eigenvalue weighted by molar-refractivity contribution is 5.83. The number of phenolic OH excluding ortho intramolecular Hbond substituents is 1. The first kappa shape index (κ1) is 17.2. The number of aromatic hydroxyl groups is 1. The Hall–Kier alpha value is -3.62. The van der Waals surface area contributed by atoms with Crippen molar-refractivity contribution in [3.63, 3.8) is 0 Å². The highest BCUT2D eigenvalue weighted by Crippen LogP contribution is 2.16. The van der Waals surface area contributed by atoms with Gasteiger partial charge in [-0.3, -0.25) is 18.5 Å². The number of allylic oxidation sites excluding steroid dienone is 1. The van der Waals surface area contributed by atoms with Crippen LogP contribution in [0.5, 0.6) is 5.75 Å². The Morgan fingerprint density at radius 3 is 2.69 bits per heavy atom. The van der Waals surface area contributed by atoms with Crippen LogP contribution in [0.4, 0.5) is 5.95 Å². The van der Waals surface area contributed by atoms with Crippen LogP contribution < -0.4 is 16.7 Å². The zero-order valence-electron chi connectivity index (χ0n) is 14.4. The predicted molar refractivity (Wildman–Crippen MR) is 99.7 cm³/mol. The number of aryl methyl sites for hydroxylation is 1. The second-order valence-corrected chi connectivity index (χ2v) is 5.64. The minimum atomic E-state index is -0.463. The predicted octanol–water partition coefficient (Wildman–Crippen LogP) is 0.771.